The second kappa shape index (κ2) is 8.23. The van der Waals surface area contributed by atoms with Crippen molar-refractivity contribution in [1.29, 1.82) is 0 Å². The van der Waals surface area contributed by atoms with Gasteiger partial charge in [-0.2, -0.15) is 0 Å². The molecule has 1 aromatic carbocycles. The Morgan fingerprint density at radius 1 is 1.18 bits per heavy atom. The van der Waals surface area contributed by atoms with Crippen molar-refractivity contribution in [2.24, 2.45) is 0 Å². The lowest BCUT2D eigenvalue weighted by Gasteiger charge is -2.24. The molecule has 0 aliphatic carbocycles. The van der Waals surface area contributed by atoms with Crippen molar-refractivity contribution in [3.8, 4) is 0 Å². The topological polar surface area (TPSA) is 30.5 Å². The largest absolute Gasteiger partial charge is 0.379 e. The van der Waals surface area contributed by atoms with Crippen LogP contribution in [0.15, 0.2) is 30.3 Å². The average Bonchev–Trinajstić information content (AvgIpc) is 2.37. The highest BCUT2D eigenvalue weighted by Crippen LogP contribution is 2.18. The molecular weight excluding hydrogens is 214 g/mol. The quantitative estimate of drug-likeness (QED) is 0.704. The van der Waals surface area contributed by atoms with Gasteiger partial charge in [0, 0.05) is 6.61 Å². The number of rotatable bonds is 8. The third kappa shape index (κ3) is 4.86. The molecule has 1 rings (SSSR count). The molecule has 2 unspecified atom stereocenters. The van der Waals surface area contributed by atoms with Crippen molar-refractivity contribution in [2.45, 2.75) is 26.0 Å². The predicted octanol–water partition coefficient (Wildman–Crippen LogP) is 2.39. The van der Waals surface area contributed by atoms with Gasteiger partial charge in [-0.3, -0.25) is 0 Å². The SMILES string of the molecule is CCOCCOC(C)C(NC)c1ccccc1. The minimum atomic E-state index is 0.128. The fraction of sp³-hybridized carbons (Fsp3) is 0.571. The Bertz CT molecular complexity index is 290. The van der Waals surface area contributed by atoms with Crippen molar-refractivity contribution in [1.82, 2.24) is 5.32 Å². The molecule has 0 saturated carbocycles. The van der Waals surface area contributed by atoms with E-state index in [1.807, 2.05) is 32.2 Å². The molecule has 0 saturated heterocycles. The third-order valence-corrected chi connectivity index (χ3v) is 2.75. The van der Waals surface area contributed by atoms with Crippen LogP contribution in [-0.4, -0.2) is 33.0 Å². The van der Waals surface area contributed by atoms with Gasteiger partial charge in [-0.05, 0) is 26.5 Å². The molecule has 17 heavy (non-hydrogen) atoms. The van der Waals surface area contributed by atoms with Gasteiger partial charge >= 0.3 is 0 Å². The zero-order valence-electron chi connectivity index (χ0n) is 11.0. The van der Waals surface area contributed by atoms with Crippen molar-refractivity contribution in [2.75, 3.05) is 26.9 Å². The summed E-state index contributed by atoms with van der Waals surface area (Å²) in [5.74, 6) is 0. The smallest absolute Gasteiger partial charge is 0.0742 e. The van der Waals surface area contributed by atoms with E-state index in [-0.39, 0.29) is 12.1 Å². The van der Waals surface area contributed by atoms with Crippen LogP contribution in [0.2, 0.25) is 0 Å². The van der Waals surface area contributed by atoms with Gasteiger partial charge in [-0.15, -0.1) is 0 Å². The normalized spacial score (nSPS) is 14.5. The zero-order chi connectivity index (χ0) is 12.5. The first kappa shape index (κ1) is 14.2. The molecule has 0 bridgehead atoms. The maximum atomic E-state index is 5.76. The highest BCUT2D eigenvalue weighted by atomic mass is 16.5. The van der Waals surface area contributed by atoms with Crippen LogP contribution in [0, 0.1) is 0 Å². The van der Waals surface area contributed by atoms with Gasteiger partial charge < -0.3 is 14.8 Å². The first-order chi connectivity index (χ1) is 8.29. The number of hydrogen-bond donors (Lipinski definition) is 1. The van der Waals surface area contributed by atoms with Gasteiger partial charge in [0.2, 0.25) is 0 Å². The minimum Gasteiger partial charge on any atom is -0.379 e. The minimum absolute atomic E-state index is 0.128. The third-order valence-electron chi connectivity index (χ3n) is 2.75. The number of ether oxygens (including phenoxy) is 2. The van der Waals surface area contributed by atoms with Gasteiger partial charge in [-0.25, -0.2) is 0 Å². The second-order valence-corrected chi connectivity index (χ2v) is 3.95. The van der Waals surface area contributed by atoms with Crippen molar-refractivity contribution >= 4 is 0 Å². The Morgan fingerprint density at radius 2 is 1.88 bits per heavy atom. The maximum absolute atomic E-state index is 5.76. The van der Waals surface area contributed by atoms with Gasteiger partial charge in [0.15, 0.2) is 0 Å². The molecule has 1 aromatic rings. The highest BCUT2D eigenvalue weighted by molar-refractivity contribution is 5.19. The summed E-state index contributed by atoms with van der Waals surface area (Å²) in [6.45, 7) is 6.11. The highest BCUT2D eigenvalue weighted by Gasteiger charge is 2.17. The predicted molar refractivity (Wildman–Crippen MR) is 70.1 cm³/mol. The van der Waals surface area contributed by atoms with E-state index in [9.17, 15) is 0 Å². The van der Waals surface area contributed by atoms with Crippen LogP contribution >= 0.6 is 0 Å². The van der Waals surface area contributed by atoms with Crippen LogP contribution in [0.25, 0.3) is 0 Å². The van der Waals surface area contributed by atoms with Crippen LogP contribution in [0.1, 0.15) is 25.5 Å². The summed E-state index contributed by atoms with van der Waals surface area (Å²) in [7, 11) is 1.96. The molecule has 0 fully saturated rings. The summed E-state index contributed by atoms with van der Waals surface area (Å²) in [6.07, 6.45) is 0.128. The number of hydrogen-bond acceptors (Lipinski definition) is 3. The van der Waals surface area contributed by atoms with E-state index in [1.54, 1.807) is 0 Å². The Hall–Kier alpha value is -0.900. The molecule has 2 atom stereocenters. The summed E-state index contributed by atoms with van der Waals surface area (Å²) < 4.78 is 11.0. The lowest BCUT2D eigenvalue weighted by molar-refractivity contribution is -0.0000587. The molecule has 1 N–H and O–H groups in total. The maximum Gasteiger partial charge on any atom is 0.0742 e. The molecule has 0 spiro atoms. The number of benzene rings is 1. The summed E-state index contributed by atoms with van der Waals surface area (Å²) >= 11 is 0. The first-order valence-electron chi connectivity index (χ1n) is 6.21. The van der Waals surface area contributed by atoms with Crippen LogP contribution < -0.4 is 5.32 Å². The fourth-order valence-corrected chi connectivity index (χ4v) is 1.87. The molecule has 96 valence electrons. The number of nitrogens with one attached hydrogen (secondary N) is 1. The molecular formula is C14H23NO2. The van der Waals surface area contributed by atoms with Gasteiger partial charge in [0.1, 0.15) is 0 Å². The van der Waals surface area contributed by atoms with E-state index in [0.717, 1.165) is 6.61 Å². The van der Waals surface area contributed by atoms with Crippen molar-refractivity contribution in [3.05, 3.63) is 35.9 Å². The van der Waals surface area contributed by atoms with Gasteiger partial charge in [0.25, 0.3) is 0 Å². The Labute approximate surface area is 104 Å². The lowest BCUT2D eigenvalue weighted by Crippen LogP contribution is -2.30. The Kier molecular flexibility index (Phi) is 6.86. The van der Waals surface area contributed by atoms with E-state index in [1.165, 1.54) is 5.56 Å². The van der Waals surface area contributed by atoms with Gasteiger partial charge in [0.05, 0.1) is 25.4 Å². The van der Waals surface area contributed by atoms with Crippen LogP contribution in [0.4, 0.5) is 0 Å². The Balaban J connectivity index is 2.44. The molecule has 0 aromatic heterocycles. The average molecular weight is 237 g/mol. The molecule has 3 nitrogen and oxygen atoms in total. The first-order valence-corrected chi connectivity index (χ1v) is 6.21. The van der Waals surface area contributed by atoms with E-state index >= 15 is 0 Å². The molecule has 0 heterocycles. The van der Waals surface area contributed by atoms with E-state index in [4.69, 9.17) is 9.47 Å². The standard InChI is InChI=1S/C14H23NO2/c1-4-16-10-11-17-12(2)14(15-3)13-8-6-5-7-9-13/h5-9,12,14-15H,4,10-11H2,1-3H3. The van der Waals surface area contributed by atoms with Crippen molar-refractivity contribution in [3.63, 3.8) is 0 Å². The summed E-state index contributed by atoms with van der Waals surface area (Å²) in [6, 6.07) is 10.6. The lowest BCUT2D eigenvalue weighted by atomic mass is 10.0. The number of likely N-dealkylation sites (N-methyl/N-ethyl adjacent to an activating group) is 1. The van der Waals surface area contributed by atoms with Crippen LogP contribution in [-0.2, 0) is 9.47 Å². The summed E-state index contributed by atoms with van der Waals surface area (Å²) in [5, 5.41) is 3.29. The summed E-state index contributed by atoms with van der Waals surface area (Å²) in [5.41, 5.74) is 1.25. The molecule has 0 radical (unpaired) electrons. The molecule has 0 aliphatic rings. The molecule has 0 amide bonds. The monoisotopic (exact) mass is 237 g/mol. The molecule has 3 heteroatoms. The summed E-state index contributed by atoms with van der Waals surface area (Å²) in [4.78, 5) is 0. The van der Waals surface area contributed by atoms with E-state index < -0.39 is 0 Å². The van der Waals surface area contributed by atoms with Crippen molar-refractivity contribution < 1.29 is 9.47 Å². The Morgan fingerprint density at radius 3 is 2.47 bits per heavy atom. The van der Waals surface area contributed by atoms with Crippen LogP contribution in [0.5, 0.6) is 0 Å². The van der Waals surface area contributed by atoms with Crippen LogP contribution in [0.3, 0.4) is 0 Å². The van der Waals surface area contributed by atoms with Gasteiger partial charge in [-0.1, -0.05) is 30.3 Å². The fourth-order valence-electron chi connectivity index (χ4n) is 1.87. The molecule has 0 aliphatic heterocycles. The second-order valence-electron chi connectivity index (χ2n) is 3.95. The zero-order valence-corrected chi connectivity index (χ0v) is 11.0. The van der Waals surface area contributed by atoms with E-state index in [0.29, 0.717) is 13.2 Å². The van der Waals surface area contributed by atoms with E-state index in [2.05, 4.69) is 24.4 Å².